The summed E-state index contributed by atoms with van der Waals surface area (Å²) in [4.78, 5) is 4.83. The van der Waals surface area contributed by atoms with E-state index in [9.17, 15) is 5.11 Å². The van der Waals surface area contributed by atoms with Crippen LogP contribution in [0.15, 0.2) is 34.7 Å². The van der Waals surface area contributed by atoms with Gasteiger partial charge in [-0.2, -0.15) is 0 Å². The smallest absolute Gasteiger partial charge is 0.226 e. The van der Waals surface area contributed by atoms with Crippen molar-refractivity contribution in [1.82, 2.24) is 10.3 Å². The Morgan fingerprint density at radius 3 is 2.17 bits per heavy atom. The third-order valence-electron chi connectivity index (χ3n) is 6.24. The van der Waals surface area contributed by atoms with Crippen molar-refractivity contribution in [3.63, 3.8) is 0 Å². The zero-order valence-electron chi connectivity index (χ0n) is 22.9. The van der Waals surface area contributed by atoms with Crippen LogP contribution in [0.25, 0.3) is 11.5 Å². The largest absolute Gasteiger partial charge is 0.507 e. The first-order chi connectivity index (χ1) is 16.3. The fraction of sp³-hybridized carbons (Fsp3) is 0.500. The van der Waals surface area contributed by atoms with Crippen molar-refractivity contribution < 1.29 is 14.3 Å². The average Bonchev–Trinajstić information content (AvgIpc) is 3.12. The zero-order chi connectivity index (χ0) is 26.0. The van der Waals surface area contributed by atoms with Crippen LogP contribution in [0.4, 0.5) is 0 Å². The lowest BCUT2D eigenvalue weighted by Gasteiger charge is -2.27. The number of aromatic hydroxyl groups is 1. The molecular formula is C30H42N2O3. The maximum atomic E-state index is 11.0. The van der Waals surface area contributed by atoms with Crippen molar-refractivity contribution in [3.8, 4) is 23.0 Å². The lowest BCUT2D eigenvalue weighted by atomic mass is 9.78. The second-order valence-corrected chi connectivity index (χ2v) is 11.4. The number of aromatic nitrogens is 1. The molecule has 0 fully saturated rings. The first kappa shape index (κ1) is 26.8. The van der Waals surface area contributed by atoms with Crippen molar-refractivity contribution in [2.24, 2.45) is 0 Å². The van der Waals surface area contributed by atoms with Gasteiger partial charge < -0.3 is 19.6 Å². The summed E-state index contributed by atoms with van der Waals surface area (Å²) in [7, 11) is 0. The SMILES string of the molecule is CCNCc1cc(C)ccc1OCCc1nc(-c2cc(C(C)(C)C)c(O)c(C(C)(C)C)c2)oc1C. The van der Waals surface area contributed by atoms with Gasteiger partial charge in [-0.25, -0.2) is 4.98 Å². The van der Waals surface area contributed by atoms with E-state index in [1.807, 2.05) is 25.1 Å². The van der Waals surface area contributed by atoms with Gasteiger partial charge in [0.15, 0.2) is 0 Å². The Bertz CT molecular complexity index is 1130. The van der Waals surface area contributed by atoms with Crippen LogP contribution >= 0.6 is 0 Å². The van der Waals surface area contributed by atoms with E-state index in [1.165, 1.54) is 5.56 Å². The molecule has 0 amide bonds. The second kappa shape index (κ2) is 10.4. The molecule has 0 saturated heterocycles. The fourth-order valence-corrected chi connectivity index (χ4v) is 4.19. The number of phenolic OH excluding ortho intramolecular Hbond substituents is 1. The van der Waals surface area contributed by atoms with E-state index in [0.29, 0.717) is 24.7 Å². The Balaban J connectivity index is 1.85. The molecule has 0 aliphatic heterocycles. The van der Waals surface area contributed by atoms with Crippen LogP contribution in [0, 0.1) is 13.8 Å². The number of nitrogens with one attached hydrogen (secondary N) is 1. The quantitative estimate of drug-likeness (QED) is 0.365. The number of rotatable bonds is 8. The molecule has 1 aromatic heterocycles. The number of ether oxygens (including phenoxy) is 1. The van der Waals surface area contributed by atoms with E-state index in [-0.39, 0.29) is 10.8 Å². The molecule has 0 aliphatic rings. The van der Waals surface area contributed by atoms with E-state index >= 15 is 0 Å². The van der Waals surface area contributed by atoms with Crippen LogP contribution in [0.5, 0.6) is 11.5 Å². The van der Waals surface area contributed by atoms with Gasteiger partial charge in [0.2, 0.25) is 5.89 Å². The van der Waals surface area contributed by atoms with Crippen molar-refractivity contribution in [2.75, 3.05) is 13.2 Å². The first-order valence-electron chi connectivity index (χ1n) is 12.6. The van der Waals surface area contributed by atoms with Gasteiger partial charge in [-0.3, -0.25) is 0 Å². The van der Waals surface area contributed by atoms with Crippen molar-refractivity contribution in [3.05, 3.63) is 64.0 Å². The molecule has 1 heterocycles. The predicted octanol–water partition coefficient (Wildman–Crippen LogP) is 6.99. The molecule has 0 spiro atoms. The third kappa shape index (κ3) is 6.46. The van der Waals surface area contributed by atoms with E-state index in [0.717, 1.165) is 52.5 Å². The highest BCUT2D eigenvalue weighted by Crippen LogP contribution is 2.42. The first-order valence-corrected chi connectivity index (χ1v) is 12.6. The van der Waals surface area contributed by atoms with Gasteiger partial charge in [0, 0.05) is 35.2 Å². The van der Waals surface area contributed by atoms with Gasteiger partial charge in [0.1, 0.15) is 17.3 Å². The summed E-state index contributed by atoms with van der Waals surface area (Å²) in [5, 5.41) is 14.4. The van der Waals surface area contributed by atoms with Crippen LogP contribution in [-0.2, 0) is 23.8 Å². The molecule has 0 bridgehead atoms. The molecular weight excluding hydrogens is 436 g/mol. The topological polar surface area (TPSA) is 67.5 Å². The van der Waals surface area contributed by atoms with Gasteiger partial charge in [-0.1, -0.05) is 66.2 Å². The number of nitrogens with zero attached hydrogens (tertiary/aromatic N) is 1. The molecule has 3 rings (SSSR count). The van der Waals surface area contributed by atoms with E-state index < -0.39 is 0 Å². The molecule has 3 aromatic rings. The molecule has 0 aliphatic carbocycles. The Morgan fingerprint density at radius 2 is 1.60 bits per heavy atom. The van der Waals surface area contributed by atoms with Gasteiger partial charge in [-0.05, 0) is 49.4 Å². The Morgan fingerprint density at radius 1 is 0.971 bits per heavy atom. The number of hydrogen-bond acceptors (Lipinski definition) is 5. The molecule has 0 radical (unpaired) electrons. The van der Waals surface area contributed by atoms with Gasteiger partial charge in [-0.15, -0.1) is 0 Å². The summed E-state index contributed by atoms with van der Waals surface area (Å²) < 4.78 is 12.3. The van der Waals surface area contributed by atoms with Gasteiger partial charge in [0.05, 0.1) is 12.3 Å². The molecule has 2 N–H and O–H groups in total. The van der Waals surface area contributed by atoms with Crippen LogP contribution in [0.2, 0.25) is 0 Å². The summed E-state index contributed by atoms with van der Waals surface area (Å²) in [6.07, 6.45) is 0.653. The number of oxazole rings is 1. The highest BCUT2D eigenvalue weighted by Gasteiger charge is 2.28. The number of phenols is 1. The third-order valence-corrected chi connectivity index (χ3v) is 6.24. The van der Waals surface area contributed by atoms with E-state index in [1.54, 1.807) is 0 Å². The number of benzene rings is 2. The summed E-state index contributed by atoms with van der Waals surface area (Å²) in [5.74, 6) is 2.64. The molecule has 2 aromatic carbocycles. The van der Waals surface area contributed by atoms with Crippen LogP contribution < -0.4 is 10.1 Å². The monoisotopic (exact) mass is 478 g/mol. The van der Waals surface area contributed by atoms with Crippen molar-refractivity contribution in [2.45, 2.75) is 86.1 Å². The van der Waals surface area contributed by atoms with Crippen LogP contribution in [0.3, 0.4) is 0 Å². The molecule has 5 heteroatoms. The Kier molecular flexibility index (Phi) is 8.00. The van der Waals surface area contributed by atoms with Gasteiger partial charge in [0.25, 0.3) is 0 Å². The highest BCUT2D eigenvalue weighted by molar-refractivity contribution is 5.63. The lowest BCUT2D eigenvalue weighted by Crippen LogP contribution is -2.17. The van der Waals surface area contributed by atoms with Crippen LogP contribution in [-0.4, -0.2) is 23.2 Å². The molecule has 190 valence electrons. The number of aryl methyl sites for hydroxylation is 2. The van der Waals surface area contributed by atoms with Crippen molar-refractivity contribution >= 4 is 0 Å². The molecule has 0 atom stereocenters. The second-order valence-electron chi connectivity index (χ2n) is 11.4. The van der Waals surface area contributed by atoms with Crippen LogP contribution in [0.1, 0.15) is 82.2 Å². The fourth-order valence-electron chi connectivity index (χ4n) is 4.19. The highest BCUT2D eigenvalue weighted by atomic mass is 16.5. The van der Waals surface area contributed by atoms with E-state index in [4.69, 9.17) is 14.1 Å². The maximum absolute atomic E-state index is 11.0. The van der Waals surface area contributed by atoms with Gasteiger partial charge >= 0.3 is 0 Å². The molecule has 35 heavy (non-hydrogen) atoms. The zero-order valence-corrected chi connectivity index (χ0v) is 22.9. The minimum atomic E-state index is -0.212. The summed E-state index contributed by atoms with van der Waals surface area (Å²) in [5.41, 5.74) is 5.54. The molecule has 0 saturated carbocycles. The Labute approximate surface area is 210 Å². The average molecular weight is 479 g/mol. The minimum Gasteiger partial charge on any atom is -0.507 e. The molecule has 5 nitrogen and oxygen atoms in total. The molecule has 0 unspecified atom stereocenters. The number of hydrogen-bond donors (Lipinski definition) is 2. The lowest BCUT2D eigenvalue weighted by molar-refractivity contribution is 0.315. The minimum absolute atomic E-state index is 0.212. The van der Waals surface area contributed by atoms with E-state index in [2.05, 4.69) is 72.8 Å². The normalized spacial score (nSPS) is 12.3. The standard InChI is InChI=1S/C30H42N2O3/c1-10-31-18-22-15-19(2)11-12-26(22)34-14-13-25-20(3)35-28(32-25)21-16-23(29(4,5)6)27(33)24(17-21)30(7,8)9/h11-12,15-17,31,33H,10,13-14,18H2,1-9H3. The van der Waals surface area contributed by atoms with Crippen molar-refractivity contribution in [1.29, 1.82) is 0 Å². The Hall–Kier alpha value is -2.79. The maximum Gasteiger partial charge on any atom is 0.226 e. The predicted molar refractivity (Wildman–Crippen MR) is 143 cm³/mol. The summed E-state index contributed by atoms with van der Waals surface area (Å²) in [6, 6.07) is 10.3. The summed E-state index contributed by atoms with van der Waals surface area (Å²) >= 11 is 0. The summed E-state index contributed by atoms with van der Waals surface area (Å²) in [6.45, 7) is 21.0.